The lowest BCUT2D eigenvalue weighted by Crippen LogP contribution is -2.28. The summed E-state index contributed by atoms with van der Waals surface area (Å²) < 4.78 is 27.7. The van der Waals surface area contributed by atoms with E-state index in [-0.39, 0.29) is 4.90 Å². The first-order valence-electron chi connectivity index (χ1n) is 8.38. The first-order valence-corrected chi connectivity index (χ1v) is 10.6. The molecule has 134 valence electrons. The van der Waals surface area contributed by atoms with E-state index in [4.69, 9.17) is 0 Å². The second-order valence-corrected chi connectivity index (χ2v) is 9.11. The van der Waals surface area contributed by atoms with E-state index >= 15 is 0 Å². The monoisotopic (exact) mass is 423 g/mol. The predicted molar refractivity (Wildman–Crippen MR) is 103 cm³/mol. The lowest BCUT2D eigenvalue weighted by Gasteiger charge is -2.19. The molecule has 2 aromatic rings. The number of halogens is 1. The number of anilines is 1. The minimum Gasteiger partial charge on any atom is -0.359 e. The van der Waals surface area contributed by atoms with Crippen molar-refractivity contribution in [2.75, 3.05) is 31.6 Å². The Balaban J connectivity index is 1.64. The smallest absolute Gasteiger partial charge is 0.244 e. The number of hydrogen-bond donors (Lipinski definition) is 0. The normalized spacial score (nSPS) is 15.4. The standard InChI is InChI=1S/C18H22BrN3O2S/c1-21(13-10-15-4-6-16(19)7-5-15)18-9-8-17(14-20-18)25(23,24)22-11-2-3-12-22/h4-9,14H,2-3,10-13H2,1H3. The number of nitrogens with zero attached hydrogens (tertiary/aromatic N) is 3. The van der Waals surface area contributed by atoms with Crippen molar-refractivity contribution in [1.29, 1.82) is 0 Å². The lowest BCUT2D eigenvalue weighted by molar-refractivity contribution is 0.477. The highest BCUT2D eigenvalue weighted by Crippen LogP contribution is 2.21. The van der Waals surface area contributed by atoms with E-state index in [2.05, 4.69) is 33.0 Å². The van der Waals surface area contributed by atoms with Crippen LogP contribution in [0.3, 0.4) is 0 Å². The van der Waals surface area contributed by atoms with Gasteiger partial charge in [0.15, 0.2) is 0 Å². The Kier molecular flexibility index (Phi) is 5.76. The van der Waals surface area contributed by atoms with Crippen molar-refractivity contribution < 1.29 is 8.42 Å². The van der Waals surface area contributed by atoms with E-state index in [0.717, 1.165) is 36.1 Å². The third-order valence-electron chi connectivity index (χ3n) is 4.46. The fourth-order valence-corrected chi connectivity index (χ4v) is 4.62. The Morgan fingerprint density at radius 3 is 2.40 bits per heavy atom. The molecule has 1 saturated heterocycles. The zero-order valence-corrected chi connectivity index (χ0v) is 16.6. The van der Waals surface area contributed by atoms with Gasteiger partial charge in [0.2, 0.25) is 10.0 Å². The Morgan fingerprint density at radius 2 is 1.80 bits per heavy atom. The number of sulfonamides is 1. The van der Waals surface area contributed by atoms with Gasteiger partial charge in [0.1, 0.15) is 10.7 Å². The van der Waals surface area contributed by atoms with Gasteiger partial charge in [-0.3, -0.25) is 0 Å². The summed E-state index contributed by atoms with van der Waals surface area (Å²) in [5.41, 5.74) is 1.25. The number of hydrogen-bond acceptors (Lipinski definition) is 4. The van der Waals surface area contributed by atoms with Crippen LogP contribution in [0.15, 0.2) is 52.0 Å². The van der Waals surface area contributed by atoms with E-state index in [1.54, 1.807) is 16.4 Å². The molecule has 1 aliphatic heterocycles. The molecule has 0 aliphatic carbocycles. The Hall–Kier alpha value is -1.44. The molecule has 0 atom stereocenters. The van der Waals surface area contributed by atoms with Crippen molar-refractivity contribution in [2.24, 2.45) is 0 Å². The van der Waals surface area contributed by atoms with Crippen molar-refractivity contribution >= 4 is 31.8 Å². The molecule has 0 bridgehead atoms. The van der Waals surface area contributed by atoms with Gasteiger partial charge >= 0.3 is 0 Å². The summed E-state index contributed by atoms with van der Waals surface area (Å²) in [4.78, 5) is 6.67. The van der Waals surface area contributed by atoms with Crippen LogP contribution in [-0.2, 0) is 16.4 Å². The van der Waals surface area contributed by atoms with Gasteiger partial charge in [0.05, 0.1) is 0 Å². The SMILES string of the molecule is CN(CCc1ccc(Br)cc1)c1ccc(S(=O)(=O)N2CCCC2)cn1. The van der Waals surface area contributed by atoms with Crippen molar-refractivity contribution in [3.8, 4) is 0 Å². The van der Waals surface area contributed by atoms with Crippen LogP contribution in [0, 0.1) is 0 Å². The molecular formula is C18H22BrN3O2S. The van der Waals surface area contributed by atoms with Gasteiger partial charge < -0.3 is 4.90 Å². The molecule has 0 radical (unpaired) electrons. The van der Waals surface area contributed by atoms with Crippen LogP contribution in [0.1, 0.15) is 18.4 Å². The zero-order valence-electron chi connectivity index (χ0n) is 14.2. The van der Waals surface area contributed by atoms with Crippen LogP contribution in [-0.4, -0.2) is 44.4 Å². The van der Waals surface area contributed by atoms with Crippen molar-refractivity contribution in [2.45, 2.75) is 24.2 Å². The molecule has 0 spiro atoms. The van der Waals surface area contributed by atoms with E-state index in [9.17, 15) is 8.42 Å². The number of rotatable bonds is 6. The molecule has 25 heavy (non-hydrogen) atoms. The summed E-state index contributed by atoms with van der Waals surface area (Å²) in [6.07, 6.45) is 4.24. The maximum Gasteiger partial charge on any atom is 0.244 e. The van der Waals surface area contributed by atoms with Crippen LogP contribution in [0.5, 0.6) is 0 Å². The van der Waals surface area contributed by atoms with Gasteiger partial charge in [0.25, 0.3) is 0 Å². The third-order valence-corrected chi connectivity index (χ3v) is 6.87. The van der Waals surface area contributed by atoms with Crippen molar-refractivity contribution in [3.63, 3.8) is 0 Å². The summed E-state index contributed by atoms with van der Waals surface area (Å²) in [6, 6.07) is 11.7. The second-order valence-electron chi connectivity index (χ2n) is 6.26. The van der Waals surface area contributed by atoms with E-state index in [1.165, 1.54) is 11.8 Å². The Bertz CT molecular complexity index is 801. The van der Waals surface area contributed by atoms with Gasteiger partial charge in [0, 0.05) is 37.4 Å². The highest BCUT2D eigenvalue weighted by atomic mass is 79.9. The number of aromatic nitrogens is 1. The molecule has 1 aromatic carbocycles. The topological polar surface area (TPSA) is 53.5 Å². The maximum atomic E-state index is 12.5. The molecule has 1 aliphatic rings. The molecule has 3 rings (SSSR count). The Morgan fingerprint density at radius 1 is 1.12 bits per heavy atom. The largest absolute Gasteiger partial charge is 0.359 e. The first-order chi connectivity index (χ1) is 12.0. The fraction of sp³-hybridized carbons (Fsp3) is 0.389. The predicted octanol–water partition coefficient (Wildman–Crippen LogP) is 3.31. The maximum absolute atomic E-state index is 12.5. The molecular weight excluding hydrogens is 402 g/mol. The summed E-state index contributed by atoms with van der Waals surface area (Å²) in [6.45, 7) is 2.03. The molecule has 0 saturated carbocycles. The average Bonchev–Trinajstić information content (AvgIpc) is 3.16. The van der Waals surface area contributed by atoms with Crippen LogP contribution in [0.25, 0.3) is 0 Å². The number of benzene rings is 1. The molecule has 0 unspecified atom stereocenters. The quantitative estimate of drug-likeness (QED) is 0.714. The van der Waals surface area contributed by atoms with Crippen molar-refractivity contribution in [3.05, 3.63) is 52.6 Å². The van der Waals surface area contributed by atoms with Gasteiger partial charge in [-0.05, 0) is 49.1 Å². The van der Waals surface area contributed by atoms with Gasteiger partial charge in [-0.2, -0.15) is 4.31 Å². The summed E-state index contributed by atoms with van der Waals surface area (Å²) >= 11 is 3.44. The number of likely N-dealkylation sites (N-methyl/N-ethyl adjacent to an activating group) is 1. The highest BCUT2D eigenvalue weighted by Gasteiger charge is 2.27. The summed E-state index contributed by atoms with van der Waals surface area (Å²) in [7, 11) is -1.42. The van der Waals surface area contributed by atoms with Gasteiger partial charge in [-0.15, -0.1) is 0 Å². The molecule has 0 amide bonds. The third kappa shape index (κ3) is 4.40. The first kappa shape index (κ1) is 18.4. The lowest BCUT2D eigenvalue weighted by atomic mass is 10.1. The van der Waals surface area contributed by atoms with Crippen LogP contribution >= 0.6 is 15.9 Å². The molecule has 7 heteroatoms. The van der Waals surface area contributed by atoms with Gasteiger partial charge in [-0.1, -0.05) is 28.1 Å². The molecule has 0 N–H and O–H groups in total. The van der Waals surface area contributed by atoms with Crippen molar-refractivity contribution in [1.82, 2.24) is 9.29 Å². The number of pyridine rings is 1. The zero-order chi connectivity index (χ0) is 17.9. The van der Waals surface area contributed by atoms with Crippen LogP contribution < -0.4 is 4.90 Å². The van der Waals surface area contributed by atoms with E-state index < -0.39 is 10.0 Å². The Labute approximate surface area is 157 Å². The molecule has 5 nitrogen and oxygen atoms in total. The molecule has 1 aromatic heterocycles. The fourth-order valence-electron chi connectivity index (χ4n) is 2.89. The minimum atomic E-state index is -3.39. The summed E-state index contributed by atoms with van der Waals surface area (Å²) in [5, 5.41) is 0. The van der Waals surface area contributed by atoms with E-state index in [0.29, 0.717) is 13.1 Å². The van der Waals surface area contributed by atoms with Crippen LogP contribution in [0.4, 0.5) is 5.82 Å². The second kappa shape index (κ2) is 7.85. The summed E-state index contributed by atoms with van der Waals surface area (Å²) in [5.74, 6) is 0.775. The minimum absolute atomic E-state index is 0.277. The van der Waals surface area contributed by atoms with Gasteiger partial charge in [-0.25, -0.2) is 13.4 Å². The average molecular weight is 424 g/mol. The molecule has 2 heterocycles. The highest BCUT2D eigenvalue weighted by molar-refractivity contribution is 9.10. The van der Waals surface area contributed by atoms with E-state index in [1.807, 2.05) is 24.1 Å². The van der Waals surface area contributed by atoms with Crippen LogP contribution in [0.2, 0.25) is 0 Å². The molecule has 1 fully saturated rings.